The quantitative estimate of drug-likeness (QED) is 0.591. The molecule has 33 heavy (non-hydrogen) atoms. The lowest BCUT2D eigenvalue weighted by molar-refractivity contribution is -0.120. The number of carbonyl (C=O) groups excluding carboxylic acids is 1. The van der Waals surface area contributed by atoms with Gasteiger partial charge in [0.05, 0.1) is 22.4 Å². The van der Waals surface area contributed by atoms with Crippen LogP contribution in [0.5, 0.6) is 0 Å². The van der Waals surface area contributed by atoms with Gasteiger partial charge in [0.1, 0.15) is 0 Å². The molecule has 0 spiro atoms. The summed E-state index contributed by atoms with van der Waals surface area (Å²) in [4.78, 5) is 12.9. The normalized spacial score (nSPS) is 27.4. The minimum atomic E-state index is -3.64. The van der Waals surface area contributed by atoms with Crippen LogP contribution >= 0.6 is 0 Å². The van der Waals surface area contributed by atoms with Gasteiger partial charge in [0.2, 0.25) is 26.0 Å². The molecule has 1 saturated carbocycles. The number of nitrogens with zero attached hydrogens (tertiary/aromatic N) is 1. The molecule has 9 nitrogen and oxygen atoms in total. The van der Waals surface area contributed by atoms with Gasteiger partial charge >= 0.3 is 0 Å². The van der Waals surface area contributed by atoms with Gasteiger partial charge in [-0.15, -0.1) is 0 Å². The fraction of sp³-hybridized carbons (Fsp3) is 0.682. The van der Waals surface area contributed by atoms with Gasteiger partial charge in [0.15, 0.2) is 0 Å². The maximum atomic E-state index is 13.0. The Morgan fingerprint density at radius 1 is 0.970 bits per heavy atom. The molecule has 11 heteroatoms. The summed E-state index contributed by atoms with van der Waals surface area (Å²) in [6.45, 7) is 7.59. The summed E-state index contributed by atoms with van der Waals surface area (Å²) in [5.74, 6) is -0.337. The monoisotopic (exact) mass is 501 g/mol. The van der Waals surface area contributed by atoms with Gasteiger partial charge in [0, 0.05) is 30.7 Å². The van der Waals surface area contributed by atoms with Crippen molar-refractivity contribution < 1.29 is 26.4 Å². The lowest BCUT2D eigenvalue weighted by atomic mass is 9.86. The van der Waals surface area contributed by atoms with Crippen molar-refractivity contribution in [1.29, 1.82) is 0 Å². The third-order valence-corrected chi connectivity index (χ3v) is 9.94. The average Bonchev–Trinajstić information content (AvgIpc) is 2.73. The van der Waals surface area contributed by atoms with Crippen molar-refractivity contribution in [2.75, 3.05) is 18.4 Å². The van der Waals surface area contributed by atoms with Crippen LogP contribution in [0, 0.1) is 5.92 Å². The standard InChI is InChI=1S/C22H35N3O6S2/c1-15(2)32(27,28)24-20-7-5-18(6-8-20)22(26)23-19-9-11-21(12-10-19)33(29,30)25-13-16(3)31-17(4)14-25/h9-12,15-18,20,24H,5-8,13-14H2,1-4H3,(H,23,26)/t16-,17?,18?,20?/m1/s1. The van der Waals surface area contributed by atoms with Crippen molar-refractivity contribution in [2.45, 2.75) is 81.8 Å². The van der Waals surface area contributed by atoms with Gasteiger partial charge in [-0.1, -0.05) is 0 Å². The molecule has 1 aromatic rings. The predicted octanol–water partition coefficient (Wildman–Crippen LogP) is 2.31. The Labute approximate surface area is 197 Å². The number of nitrogens with one attached hydrogen (secondary N) is 2. The minimum absolute atomic E-state index is 0.133. The number of carbonyl (C=O) groups is 1. The van der Waals surface area contributed by atoms with Crippen molar-refractivity contribution in [2.24, 2.45) is 5.92 Å². The minimum Gasteiger partial charge on any atom is -0.373 e. The lowest BCUT2D eigenvalue weighted by Crippen LogP contribution is -2.48. The van der Waals surface area contributed by atoms with Crippen molar-refractivity contribution >= 4 is 31.6 Å². The second-order valence-electron chi connectivity index (χ2n) is 9.35. The Bertz CT molecular complexity index is 1020. The van der Waals surface area contributed by atoms with Crippen molar-refractivity contribution in [1.82, 2.24) is 9.03 Å². The topological polar surface area (TPSA) is 122 Å². The number of amides is 1. The van der Waals surface area contributed by atoms with E-state index in [1.807, 2.05) is 13.8 Å². The first-order valence-corrected chi connectivity index (χ1v) is 14.4. The van der Waals surface area contributed by atoms with E-state index in [4.69, 9.17) is 4.74 Å². The number of hydrogen-bond donors (Lipinski definition) is 2. The first-order valence-electron chi connectivity index (χ1n) is 11.5. The van der Waals surface area contributed by atoms with E-state index >= 15 is 0 Å². The van der Waals surface area contributed by atoms with Gasteiger partial charge in [-0.2, -0.15) is 4.31 Å². The molecule has 0 radical (unpaired) electrons. The predicted molar refractivity (Wildman–Crippen MR) is 127 cm³/mol. The Kier molecular flexibility index (Phi) is 8.21. The van der Waals surface area contributed by atoms with E-state index in [-0.39, 0.29) is 35.0 Å². The molecule has 1 unspecified atom stereocenters. The number of benzene rings is 1. The summed E-state index contributed by atoms with van der Waals surface area (Å²) < 4.78 is 59.8. The Morgan fingerprint density at radius 3 is 2.03 bits per heavy atom. The van der Waals surface area contributed by atoms with Crippen LogP contribution < -0.4 is 10.0 Å². The van der Waals surface area contributed by atoms with Gasteiger partial charge in [-0.3, -0.25) is 4.79 Å². The Morgan fingerprint density at radius 2 is 1.52 bits per heavy atom. The van der Waals surface area contributed by atoms with Gasteiger partial charge < -0.3 is 10.1 Å². The molecule has 0 aromatic heterocycles. The van der Waals surface area contributed by atoms with Gasteiger partial charge in [-0.05, 0) is 77.6 Å². The van der Waals surface area contributed by atoms with E-state index < -0.39 is 25.3 Å². The maximum Gasteiger partial charge on any atom is 0.243 e. The zero-order chi connectivity index (χ0) is 24.4. The maximum absolute atomic E-state index is 13.0. The van der Waals surface area contributed by atoms with E-state index in [2.05, 4.69) is 10.0 Å². The van der Waals surface area contributed by atoms with Crippen LogP contribution in [0.15, 0.2) is 29.2 Å². The van der Waals surface area contributed by atoms with Gasteiger partial charge in [-0.25, -0.2) is 21.6 Å². The largest absolute Gasteiger partial charge is 0.373 e. The van der Waals surface area contributed by atoms with Crippen LogP contribution in [-0.4, -0.2) is 63.6 Å². The summed E-state index contributed by atoms with van der Waals surface area (Å²) in [5, 5.41) is 2.37. The number of sulfonamides is 2. The molecule has 2 fully saturated rings. The van der Waals surface area contributed by atoms with Crippen LogP contribution in [-0.2, 0) is 29.6 Å². The fourth-order valence-electron chi connectivity index (χ4n) is 4.27. The number of morpholine rings is 1. The molecule has 3 rings (SSSR count). The molecular weight excluding hydrogens is 466 g/mol. The molecule has 1 saturated heterocycles. The van der Waals surface area contributed by atoms with Crippen LogP contribution in [0.1, 0.15) is 53.4 Å². The molecule has 1 aromatic carbocycles. The summed E-state index contributed by atoms with van der Waals surface area (Å²) in [6, 6.07) is 6.07. The van der Waals surface area contributed by atoms with E-state index in [1.165, 1.54) is 16.4 Å². The summed E-state index contributed by atoms with van der Waals surface area (Å²) in [7, 11) is -6.96. The van der Waals surface area contributed by atoms with E-state index in [0.29, 0.717) is 44.5 Å². The van der Waals surface area contributed by atoms with Crippen LogP contribution in [0.2, 0.25) is 0 Å². The molecular formula is C22H35N3O6S2. The molecule has 2 atom stereocenters. The molecule has 1 aliphatic carbocycles. The Hall–Kier alpha value is -1.53. The van der Waals surface area contributed by atoms with Crippen molar-refractivity contribution in [3.8, 4) is 0 Å². The summed E-state index contributed by atoms with van der Waals surface area (Å²) >= 11 is 0. The first-order chi connectivity index (χ1) is 15.4. The SMILES string of the molecule is CC1CN(S(=O)(=O)c2ccc(NC(=O)C3CCC(NS(=O)(=O)C(C)C)CC3)cc2)C[C@@H](C)O1. The molecule has 0 bridgehead atoms. The number of ether oxygens (including phenoxy) is 1. The van der Waals surface area contributed by atoms with Gasteiger partial charge in [0.25, 0.3) is 0 Å². The van der Waals surface area contributed by atoms with E-state index in [1.54, 1.807) is 26.0 Å². The highest BCUT2D eigenvalue weighted by Crippen LogP contribution is 2.27. The van der Waals surface area contributed by atoms with Crippen molar-refractivity contribution in [3.05, 3.63) is 24.3 Å². The third kappa shape index (κ3) is 6.54. The third-order valence-electron chi connectivity index (χ3n) is 6.20. The molecule has 1 heterocycles. The second-order valence-corrected chi connectivity index (χ2v) is 13.6. The number of rotatable bonds is 7. The molecule has 2 N–H and O–H groups in total. The lowest BCUT2D eigenvalue weighted by Gasteiger charge is -2.34. The van der Waals surface area contributed by atoms with Crippen molar-refractivity contribution in [3.63, 3.8) is 0 Å². The highest BCUT2D eigenvalue weighted by atomic mass is 32.2. The zero-order valence-electron chi connectivity index (χ0n) is 19.7. The highest BCUT2D eigenvalue weighted by Gasteiger charge is 2.32. The first kappa shape index (κ1) is 26.1. The van der Waals surface area contributed by atoms with E-state index in [0.717, 1.165) is 0 Å². The fourth-order valence-corrected chi connectivity index (χ4v) is 6.84. The average molecular weight is 502 g/mol. The summed E-state index contributed by atoms with van der Waals surface area (Å²) in [6.07, 6.45) is 2.07. The smallest absolute Gasteiger partial charge is 0.243 e. The molecule has 2 aliphatic rings. The highest BCUT2D eigenvalue weighted by molar-refractivity contribution is 7.90. The molecule has 1 amide bonds. The zero-order valence-corrected chi connectivity index (χ0v) is 21.3. The Balaban J connectivity index is 1.55. The molecule has 1 aliphatic heterocycles. The molecule has 186 valence electrons. The van der Waals surface area contributed by atoms with Crippen LogP contribution in [0.4, 0.5) is 5.69 Å². The van der Waals surface area contributed by atoms with Crippen LogP contribution in [0.3, 0.4) is 0 Å². The van der Waals surface area contributed by atoms with Crippen LogP contribution in [0.25, 0.3) is 0 Å². The number of hydrogen-bond acceptors (Lipinski definition) is 6. The number of anilines is 1. The summed E-state index contributed by atoms with van der Waals surface area (Å²) in [5.41, 5.74) is 0.533. The van der Waals surface area contributed by atoms with E-state index in [9.17, 15) is 21.6 Å². The second kappa shape index (κ2) is 10.4.